The van der Waals surface area contributed by atoms with E-state index in [-0.39, 0.29) is 13.2 Å². The van der Waals surface area contributed by atoms with Crippen molar-refractivity contribution >= 4 is 28.5 Å². The number of aryl methyl sites for hydroxylation is 2. The summed E-state index contributed by atoms with van der Waals surface area (Å²) in [4.78, 5) is 16.8. The maximum Gasteiger partial charge on any atom is 0.351 e. The second kappa shape index (κ2) is 7.08. The van der Waals surface area contributed by atoms with Gasteiger partial charge in [-0.1, -0.05) is 35.9 Å². The summed E-state index contributed by atoms with van der Waals surface area (Å²) in [5.41, 5.74) is 3.75. The zero-order valence-electron chi connectivity index (χ0n) is 15.0. The number of hydrogen-bond donors (Lipinski definition) is 0. The molecule has 0 aliphatic carbocycles. The lowest BCUT2D eigenvalue weighted by Crippen LogP contribution is -2.37. The highest BCUT2D eigenvalue weighted by atomic mass is 35.5. The number of esters is 1. The van der Waals surface area contributed by atoms with Crippen LogP contribution in [0.5, 0.6) is 11.5 Å². The first-order valence-electron chi connectivity index (χ1n) is 8.63. The highest BCUT2D eigenvalue weighted by Gasteiger charge is 2.28. The van der Waals surface area contributed by atoms with Crippen LogP contribution >= 0.6 is 11.6 Å². The molecule has 0 unspecified atom stereocenters. The van der Waals surface area contributed by atoms with Crippen molar-refractivity contribution in [3.8, 4) is 11.5 Å². The average molecular weight is 384 g/mol. The fourth-order valence-electron chi connectivity index (χ4n) is 2.98. The third kappa shape index (κ3) is 3.43. The van der Waals surface area contributed by atoms with Crippen LogP contribution in [0.25, 0.3) is 10.9 Å². The summed E-state index contributed by atoms with van der Waals surface area (Å²) in [7, 11) is 0. The van der Waals surface area contributed by atoms with Gasteiger partial charge >= 0.3 is 5.97 Å². The van der Waals surface area contributed by atoms with Crippen molar-refractivity contribution < 1.29 is 19.0 Å². The fraction of sp³-hybridized carbons (Fsp3) is 0.238. The molecular formula is C21H18ClNO4. The molecule has 27 heavy (non-hydrogen) atoms. The first kappa shape index (κ1) is 17.6. The Kier molecular flexibility index (Phi) is 4.62. The van der Waals surface area contributed by atoms with E-state index in [1.165, 1.54) is 0 Å². The minimum atomic E-state index is -0.808. The topological polar surface area (TPSA) is 57.7 Å². The van der Waals surface area contributed by atoms with Crippen molar-refractivity contribution in [1.82, 2.24) is 4.98 Å². The first-order valence-corrected chi connectivity index (χ1v) is 9.01. The summed E-state index contributed by atoms with van der Waals surface area (Å²) in [6.45, 7) is 4.18. The molecule has 3 aromatic rings. The Hall–Kier alpha value is -2.79. The van der Waals surface area contributed by atoms with Gasteiger partial charge in [-0.25, -0.2) is 9.78 Å². The van der Waals surface area contributed by atoms with Crippen LogP contribution in [-0.2, 0) is 16.1 Å². The van der Waals surface area contributed by atoms with Gasteiger partial charge in [-0.3, -0.25) is 0 Å². The number of carbonyl (C=O) groups excluding carboxylic acids is 1. The minimum Gasteiger partial charge on any atom is -0.485 e. The molecule has 6 heteroatoms. The number of benzene rings is 2. The maximum atomic E-state index is 12.4. The number of fused-ring (bicyclic) bond motifs is 2. The predicted molar refractivity (Wildman–Crippen MR) is 102 cm³/mol. The normalized spacial score (nSPS) is 15.6. The van der Waals surface area contributed by atoms with Crippen LogP contribution in [0.15, 0.2) is 42.5 Å². The van der Waals surface area contributed by atoms with Crippen LogP contribution in [0.4, 0.5) is 0 Å². The van der Waals surface area contributed by atoms with E-state index in [1.807, 2.05) is 44.2 Å². The lowest BCUT2D eigenvalue weighted by molar-refractivity contribution is -0.155. The molecule has 0 N–H and O–H groups in total. The largest absolute Gasteiger partial charge is 0.485 e. The van der Waals surface area contributed by atoms with Gasteiger partial charge in [-0.15, -0.1) is 0 Å². The highest BCUT2D eigenvalue weighted by Crippen LogP contribution is 2.31. The molecule has 0 bridgehead atoms. The van der Waals surface area contributed by atoms with Crippen LogP contribution in [0.1, 0.15) is 16.7 Å². The fourth-order valence-corrected chi connectivity index (χ4v) is 3.18. The molecule has 0 spiro atoms. The van der Waals surface area contributed by atoms with E-state index >= 15 is 0 Å². The molecule has 0 fully saturated rings. The summed E-state index contributed by atoms with van der Waals surface area (Å²) in [6, 6.07) is 13.1. The van der Waals surface area contributed by atoms with E-state index in [4.69, 9.17) is 25.8 Å². The molecule has 138 valence electrons. The van der Waals surface area contributed by atoms with Crippen molar-refractivity contribution in [3.63, 3.8) is 0 Å². The Balaban J connectivity index is 1.48. The third-order valence-electron chi connectivity index (χ3n) is 4.68. The Labute approximate surface area is 161 Å². The quantitative estimate of drug-likeness (QED) is 0.496. The second-order valence-electron chi connectivity index (χ2n) is 6.49. The van der Waals surface area contributed by atoms with Gasteiger partial charge in [0.15, 0.2) is 11.5 Å². The van der Waals surface area contributed by atoms with E-state index in [0.29, 0.717) is 22.2 Å². The zero-order valence-corrected chi connectivity index (χ0v) is 15.7. The molecule has 1 atom stereocenters. The van der Waals surface area contributed by atoms with Crippen molar-refractivity contribution in [2.75, 3.05) is 6.61 Å². The van der Waals surface area contributed by atoms with Crippen molar-refractivity contribution in [2.24, 2.45) is 0 Å². The molecular weight excluding hydrogens is 366 g/mol. The molecule has 0 saturated heterocycles. The number of aromatic nitrogens is 1. The van der Waals surface area contributed by atoms with E-state index in [9.17, 15) is 4.79 Å². The molecule has 1 aliphatic rings. The van der Waals surface area contributed by atoms with Crippen molar-refractivity contribution in [2.45, 2.75) is 26.6 Å². The molecule has 0 saturated carbocycles. The summed E-state index contributed by atoms with van der Waals surface area (Å²) in [5, 5.41) is 1.29. The molecule has 0 amide bonds. The number of carbonyl (C=O) groups is 1. The Morgan fingerprint density at radius 3 is 2.81 bits per heavy atom. The standard InChI is InChI=1S/C21H18ClNO4/c1-12-7-8-14-9-15(20(22)23-19(14)13(12)2)10-26-21(24)18-11-25-16-5-3-4-6-17(16)27-18/h3-9,18H,10-11H2,1-2H3/t18-/m0/s1. The van der Waals surface area contributed by atoms with Gasteiger partial charge in [0.05, 0.1) is 5.52 Å². The SMILES string of the molecule is Cc1ccc2cc(COC(=O)[C@@H]3COc4ccccc4O3)c(Cl)nc2c1C. The molecule has 4 rings (SSSR count). The van der Waals surface area contributed by atoms with Gasteiger partial charge < -0.3 is 14.2 Å². The number of nitrogens with zero attached hydrogens (tertiary/aromatic N) is 1. The van der Waals surface area contributed by atoms with Gasteiger partial charge in [-0.05, 0) is 43.2 Å². The molecule has 2 heterocycles. The minimum absolute atomic E-state index is 0.0229. The second-order valence-corrected chi connectivity index (χ2v) is 6.85. The number of ether oxygens (including phenoxy) is 3. The van der Waals surface area contributed by atoms with Crippen LogP contribution in [0.2, 0.25) is 5.15 Å². The van der Waals surface area contributed by atoms with Gasteiger partial charge in [0.25, 0.3) is 0 Å². The molecule has 1 aliphatic heterocycles. The van der Waals surface area contributed by atoms with Gasteiger partial charge in [0.1, 0.15) is 18.4 Å². The third-order valence-corrected chi connectivity index (χ3v) is 5.01. The molecule has 0 radical (unpaired) electrons. The molecule has 5 nitrogen and oxygen atoms in total. The number of hydrogen-bond acceptors (Lipinski definition) is 5. The Morgan fingerprint density at radius 2 is 2.00 bits per heavy atom. The summed E-state index contributed by atoms with van der Waals surface area (Å²) < 4.78 is 16.6. The first-order chi connectivity index (χ1) is 13.0. The van der Waals surface area contributed by atoms with Crippen LogP contribution in [0.3, 0.4) is 0 Å². The van der Waals surface area contributed by atoms with E-state index in [1.54, 1.807) is 12.1 Å². The van der Waals surface area contributed by atoms with Crippen LogP contribution in [0, 0.1) is 13.8 Å². The summed E-state index contributed by atoms with van der Waals surface area (Å²) in [6.07, 6.45) is -0.808. The molecule has 2 aromatic carbocycles. The van der Waals surface area contributed by atoms with E-state index < -0.39 is 12.1 Å². The predicted octanol–water partition coefficient (Wildman–Crippen LogP) is 4.39. The van der Waals surface area contributed by atoms with E-state index in [0.717, 1.165) is 22.0 Å². The summed E-state index contributed by atoms with van der Waals surface area (Å²) in [5.74, 6) is 0.650. The van der Waals surface area contributed by atoms with Crippen molar-refractivity contribution in [3.05, 3.63) is 64.3 Å². The van der Waals surface area contributed by atoms with Gasteiger partial charge in [-0.2, -0.15) is 0 Å². The Bertz CT molecular complexity index is 1030. The summed E-state index contributed by atoms with van der Waals surface area (Å²) >= 11 is 6.31. The highest BCUT2D eigenvalue weighted by molar-refractivity contribution is 6.30. The number of rotatable bonds is 3. The maximum absolute atomic E-state index is 12.4. The van der Waals surface area contributed by atoms with Crippen LogP contribution in [-0.4, -0.2) is 23.7 Å². The lowest BCUT2D eigenvalue weighted by atomic mass is 10.0. The zero-order chi connectivity index (χ0) is 19.0. The number of halogens is 1. The monoisotopic (exact) mass is 383 g/mol. The average Bonchev–Trinajstić information content (AvgIpc) is 2.69. The van der Waals surface area contributed by atoms with Crippen LogP contribution < -0.4 is 9.47 Å². The smallest absolute Gasteiger partial charge is 0.351 e. The van der Waals surface area contributed by atoms with Gasteiger partial charge in [0, 0.05) is 10.9 Å². The lowest BCUT2D eigenvalue weighted by Gasteiger charge is -2.25. The van der Waals surface area contributed by atoms with E-state index in [2.05, 4.69) is 4.98 Å². The number of para-hydroxylation sites is 2. The Morgan fingerprint density at radius 1 is 1.22 bits per heavy atom. The van der Waals surface area contributed by atoms with Gasteiger partial charge in [0.2, 0.25) is 6.10 Å². The van der Waals surface area contributed by atoms with Crippen molar-refractivity contribution in [1.29, 1.82) is 0 Å². The number of pyridine rings is 1. The molecule has 1 aromatic heterocycles.